The van der Waals surface area contributed by atoms with Crippen LogP contribution in [0, 0.1) is 6.92 Å². The highest BCUT2D eigenvalue weighted by atomic mass is 16.6. The van der Waals surface area contributed by atoms with E-state index in [1.54, 1.807) is 19.2 Å². The number of hydrogen-bond acceptors (Lipinski definition) is 4. The molecule has 4 heteroatoms. The van der Waals surface area contributed by atoms with Crippen LogP contribution in [-0.4, -0.2) is 12.8 Å². The molecule has 1 rings (SSSR count). The average Bonchev–Trinajstić information content (AvgIpc) is 2.09. The number of Topliss-reactive ketones (excluding diaryl/α,β-unsaturated/α-hetero) is 1. The number of rotatable bonds is 3. The standard InChI is InChI=1S/C10H14N2O2/c1-6-4-8(7(2)13)10(14-12-3)9(11)5-6/h4-5,12H,11H2,1-3H3. The Morgan fingerprint density at radius 2 is 2.14 bits per heavy atom. The van der Waals surface area contributed by atoms with Crippen molar-refractivity contribution in [1.82, 2.24) is 5.48 Å². The molecule has 0 saturated heterocycles. The number of carbonyl (C=O) groups is 1. The number of ketones is 1. The molecule has 0 bridgehead atoms. The number of benzene rings is 1. The van der Waals surface area contributed by atoms with Crippen molar-refractivity contribution >= 4 is 11.5 Å². The molecule has 14 heavy (non-hydrogen) atoms. The highest BCUT2D eigenvalue weighted by Crippen LogP contribution is 2.27. The largest absolute Gasteiger partial charge is 0.406 e. The van der Waals surface area contributed by atoms with Crippen LogP contribution in [0.5, 0.6) is 5.75 Å². The predicted molar refractivity (Wildman–Crippen MR) is 55.3 cm³/mol. The second-order valence-corrected chi connectivity index (χ2v) is 3.09. The van der Waals surface area contributed by atoms with Crippen molar-refractivity contribution in [3.63, 3.8) is 0 Å². The molecule has 0 heterocycles. The highest BCUT2D eigenvalue weighted by molar-refractivity contribution is 5.98. The molecule has 4 nitrogen and oxygen atoms in total. The number of hydroxylamine groups is 1. The first kappa shape index (κ1) is 10.5. The Labute approximate surface area is 83.0 Å². The number of anilines is 1. The first-order valence-electron chi connectivity index (χ1n) is 4.31. The van der Waals surface area contributed by atoms with Gasteiger partial charge < -0.3 is 10.6 Å². The van der Waals surface area contributed by atoms with Crippen molar-refractivity contribution in [1.29, 1.82) is 0 Å². The predicted octanol–water partition coefficient (Wildman–Crippen LogP) is 1.29. The highest BCUT2D eigenvalue weighted by Gasteiger charge is 2.12. The van der Waals surface area contributed by atoms with Gasteiger partial charge in [0.2, 0.25) is 0 Å². The second kappa shape index (κ2) is 4.11. The molecule has 0 spiro atoms. The van der Waals surface area contributed by atoms with Crippen molar-refractivity contribution < 1.29 is 9.63 Å². The third-order valence-electron chi connectivity index (χ3n) is 1.85. The topological polar surface area (TPSA) is 64.3 Å². The SMILES string of the molecule is CNOc1c(N)cc(C)cc1C(C)=O. The molecule has 0 aliphatic rings. The van der Waals surface area contributed by atoms with E-state index in [1.807, 2.05) is 6.92 Å². The third-order valence-corrected chi connectivity index (χ3v) is 1.85. The van der Waals surface area contributed by atoms with E-state index in [4.69, 9.17) is 10.6 Å². The van der Waals surface area contributed by atoms with Gasteiger partial charge in [0.05, 0.1) is 11.3 Å². The minimum atomic E-state index is -0.0642. The van der Waals surface area contributed by atoms with E-state index in [9.17, 15) is 4.79 Å². The van der Waals surface area contributed by atoms with Crippen LogP contribution >= 0.6 is 0 Å². The zero-order valence-electron chi connectivity index (χ0n) is 8.55. The summed E-state index contributed by atoms with van der Waals surface area (Å²) in [5.74, 6) is 0.330. The van der Waals surface area contributed by atoms with Crippen molar-refractivity contribution in [2.24, 2.45) is 0 Å². The first-order valence-corrected chi connectivity index (χ1v) is 4.31. The van der Waals surface area contributed by atoms with Crippen LogP contribution in [-0.2, 0) is 0 Å². The molecule has 1 aromatic carbocycles. The van der Waals surface area contributed by atoms with Crippen molar-refractivity contribution in [2.45, 2.75) is 13.8 Å². The van der Waals surface area contributed by atoms with E-state index in [2.05, 4.69) is 5.48 Å². The zero-order chi connectivity index (χ0) is 10.7. The van der Waals surface area contributed by atoms with Crippen molar-refractivity contribution in [3.8, 4) is 5.75 Å². The molecule has 0 aliphatic carbocycles. The zero-order valence-corrected chi connectivity index (χ0v) is 8.55. The lowest BCUT2D eigenvalue weighted by Gasteiger charge is -2.11. The Balaban J connectivity index is 3.28. The van der Waals surface area contributed by atoms with Gasteiger partial charge in [-0.05, 0) is 31.5 Å². The number of nitrogens with one attached hydrogen (secondary N) is 1. The fraction of sp³-hybridized carbons (Fsp3) is 0.300. The quantitative estimate of drug-likeness (QED) is 0.432. The van der Waals surface area contributed by atoms with Gasteiger partial charge >= 0.3 is 0 Å². The summed E-state index contributed by atoms with van der Waals surface area (Å²) in [6.45, 7) is 3.36. The van der Waals surface area contributed by atoms with Gasteiger partial charge in [-0.15, -0.1) is 0 Å². The van der Waals surface area contributed by atoms with Gasteiger partial charge in [0.1, 0.15) is 0 Å². The number of nitrogen functional groups attached to an aromatic ring is 1. The maximum Gasteiger partial charge on any atom is 0.180 e. The molecule has 3 N–H and O–H groups in total. The molecule has 0 fully saturated rings. The van der Waals surface area contributed by atoms with Crippen LogP contribution in [0.15, 0.2) is 12.1 Å². The number of nitrogens with two attached hydrogens (primary N) is 1. The van der Waals surface area contributed by atoms with Crippen LogP contribution in [0.2, 0.25) is 0 Å². The number of hydrogen-bond donors (Lipinski definition) is 2. The Morgan fingerprint density at radius 3 is 2.64 bits per heavy atom. The van der Waals surface area contributed by atoms with Crippen LogP contribution in [0.3, 0.4) is 0 Å². The Morgan fingerprint density at radius 1 is 1.50 bits per heavy atom. The maximum atomic E-state index is 11.3. The molecule has 0 aliphatic heterocycles. The molecule has 0 amide bonds. The molecule has 0 unspecified atom stereocenters. The van der Waals surface area contributed by atoms with E-state index in [0.29, 0.717) is 17.0 Å². The van der Waals surface area contributed by atoms with Crippen molar-refractivity contribution in [3.05, 3.63) is 23.3 Å². The van der Waals surface area contributed by atoms with E-state index in [1.165, 1.54) is 6.92 Å². The van der Waals surface area contributed by atoms with Gasteiger partial charge in [0.15, 0.2) is 11.5 Å². The van der Waals surface area contributed by atoms with E-state index in [0.717, 1.165) is 5.56 Å². The Hall–Kier alpha value is -1.55. The summed E-state index contributed by atoms with van der Waals surface area (Å²) in [7, 11) is 1.61. The fourth-order valence-electron chi connectivity index (χ4n) is 1.28. The lowest BCUT2D eigenvalue weighted by Crippen LogP contribution is -2.15. The normalized spacial score (nSPS) is 9.93. The summed E-state index contributed by atoms with van der Waals surface area (Å²) in [5.41, 5.74) is 10.1. The summed E-state index contributed by atoms with van der Waals surface area (Å²) in [6, 6.07) is 3.52. The van der Waals surface area contributed by atoms with E-state index >= 15 is 0 Å². The maximum absolute atomic E-state index is 11.3. The summed E-state index contributed by atoms with van der Waals surface area (Å²) in [6.07, 6.45) is 0. The minimum Gasteiger partial charge on any atom is -0.406 e. The first-order chi connectivity index (χ1) is 6.56. The molecule has 76 valence electrons. The number of aryl methyl sites for hydroxylation is 1. The van der Waals surface area contributed by atoms with Gasteiger partial charge in [-0.25, -0.2) is 0 Å². The second-order valence-electron chi connectivity index (χ2n) is 3.09. The average molecular weight is 194 g/mol. The number of carbonyl (C=O) groups excluding carboxylic acids is 1. The fourth-order valence-corrected chi connectivity index (χ4v) is 1.28. The molecule has 0 aromatic heterocycles. The molecule has 0 radical (unpaired) electrons. The van der Waals surface area contributed by atoms with Gasteiger partial charge in [-0.1, -0.05) is 0 Å². The molecular weight excluding hydrogens is 180 g/mol. The van der Waals surface area contributed by atoms with Crippen LogP contribution in [0.25, 0.3) is 0 Å². The Kier molecular flexibility index (Phi) is 3.09. The van der Waals surface area contributed by atoms with Gasteiger partial charge in [0, 0.05) is 7.05 Å². The molecule has 1 aromatic rings. The van der Waals surface area contributed by atoms with Crippen LogP contribution < -0.4 is 16.1 Å². The molecular formula is C10H14N2O2. The lowest BCUT2D eigenvalue weighted by molar-refractivity contribution is 0.101. The summed E-state index contributed by atoms with van der Waals surface area (Å²) in [4.78, 5) is 16.4. The molecule has 0 atom stereocenters. The lowest BCUT2D eigenvalue weighted by atomic mass is 10.1. The van der Waals surface area contributed by atoms with Crippen molar-refractivity contribution in [2.75, 3.05) is 12.8 Å². The van der Waals surface area contributed by atoms with Crippen LogP contribution in [0.4, 0.5) is 5.69 Å². The van der Waals surface area contributed by atoms with E-state index in [-0.39, 0.29) is 5.78 Å². The smallest absolute Gasteiger partial charge is 0.180 e. The summed E-state index contributed by atoms with van der Waals surface area (Å²) in [5, 5.41) is 0. The van der Waals surface area contributed by atoms with Gasteiger partial charge in [0.25, 0.3) is 0 Å². The third kappa shape index (κ3) is 2.03. The van der Waals surface area contributed by atoms with Gasteiger partial charge in [-0.3, -0.25) is 4.79 Å². The monoisotopic (exact) mass is 194 g/mol. The van der Waals surface area contributed by atoms with E-state index < -0.39 is 0 Å². The minimum absolute atomic E-state index is 0.0642. The summed E-state index contributed by atoms with van der Waals surface area (Å²) >= 11 is 0. The Bertz CT molecular complexity index is 361. The molecule has 0 saturated carbocycles. The van der Waals surface area contributed by atoms with Crippen LogP contribution in [0.1, 0.15) is 22.8 Å². The van der Waals surface area contributed by atoms with Gasteiger partial charge in [-0.2, -0.15) is 5.48 Å². The summed E-state index contributed by atoms with van der Waals surface area (Å²) < 4.78 is 0.